The van der Waals surface area contributed by atoms with Crippen LogP contribution in [-0.2, 0) is 0 Å². The number of halogens is 2. The van der Waals surface area contributed by atoms with Crippen molar-refractivity contribution in [2.24, 2.45) is 11.8 Å². The molecule has 3 N–H and O–H groups in total. The van der Waals surface area contributed by atoms with Gasteiger partial charge in [0.2, 0.25) is 0 Å². The fourth-order valence-electron chi connectivity index (χ4n) is 1.66. The van der Waals surface area contributed by atoms with Crippen LogP contribution < -0.4 is 11.3 Å². The number of benzene rings is 1. The molecule has 0 heterocycles. The van der Waals surface area contributed by atoms with E-state index < -0.39 is 11.6 Å². The smallest absolute Gasteiger partial charge is 0.130 e. The van der Waals surface area contributed by atoms with E-state index in [0.29, 0.717) is 11.5 Å². The van der Waals surface area contributed by atoms with Crippen LogP contribution in [0.2, 0.25) is 0 Å². The van der Waals surface area contributed by atoms with Crippen molar-refractivity contribution in [1.29, 1.82) is 0 Å². The molecule has 0 radical (unpaired) electrons. The number of hydrogen-bond donors (Lipinski definition) is 2. The standard InChI is InChI=1S/C10H12F2N2/c11-7-3-4-8(9(12)5-7)10(14-13)6-1-2-6/h3-6,10,14H,1-2,13H2. The van der Waals surface area contributed by atoms with E-state index in [4.69, 9.17) is 5.84 Å². The molecule has 0 aliphatic heterocycles. The molecule has 2 nitrogen and oxygen atoms in total. The summed E-state index contributed by atoms with van der Waals surface area (Å²) >= 11 is 0. The molecule has 0 bridgehead atoms. The van der Waals surface area contributed by atoms with Gasteiger partial charge in [0, 0.05) is 11.6 Å². The van der Waals surface area contributed by atoms with Gasteiger partial charge in [-0.3, -0.25) is 11.3 Å². The molecule has 2 rings (SSSR count). The molecule has 4 heteroatoms. The second-order valence-corrected chi connectivity index (χ2v) is 3.65. The first-order chi connectivity index (χ1) is 6.72. The van der Waals surface area contributed by atoms with Crippen LogP contribution in [0.1, 0.15) is 24.4 Å². The van der Waals surface area contributed by atoms with Gasteiger partial charge in [0.25, 0.3) is 0 Å². The van der Waals surface area contributed by atoms with Gasteiger partial charge >= 0.3 is 0 Å². The summed E-state index contributed by atoms with van der Waals surface area (Å²) in [5.74, 6) is 4.65. The molecular formula is C10H12F2N2. The third-order valence-electron chi connectivity index (χ3n) is 2.57. The van der Waals surface area contributed by atoms with Crippen LogP contribution in [0, 0.1) is 17.6 Å². The Bertz CT molecular complexity index is 337. The Labute approximate surface area is 81.1 Å². The van der Waals surface area contributed by atoms with Gasteiger partial charge in [-0.25, -0.2) is 8.78 Å². The topological polar surface area (TPSA) is 38.0 Å². The monoisotopic (exact) mass is 198 g/mol. The average molecular weight is 198 g/mol. The summed E-state index contributed by atoms with van der Waals surface area (Å²) in [4.78, 5) is 0. The van der Waals surface area contributed by atoms with Crippen LogP contribution in [0.25, 0.3) is 0 Å². The molecule has 1 saturated carbocycles. The lowest BCUT2D eigenvalue weighted by molar-refractivity contribution is 0.464. The number of nitrogens with one attached hydrogen (secondary N) is 1. The summed E-state index contributed by atoms with van der Waals surface area (Å²) in [6.45, 7) is 0. The normalized spacial score (nSPS) is 18.2. The van der Waals surface area contributed by atoms with Gasteiger partial charge in [0.05, 0.1) is 6.04 Å². The third kappa shape index (κ3) is 1.76. The van der Waals surface area contributed by atoms with Crippen molar-refractivity contribution in [2.75, 3.05) is 0 Å². The second-order valence-electron chi connectivity index (χ2n) is 3.65. The minimum Gasteiger partial charge on any atom is -0.271 e. The van der Waals surface area contributed by atoms with Crippen molar-refractivity contribution in [3.8, 4) is 0 Å². The molecule has 1 aromatic rings. The number of hydrazine groups is 1. The first-order valence-corrected chi connectivity index (χ1v) is 4.63. The van der Waals surface area contributed by atoms with Crippen molar-refractivity contribution >= 4 is 0 Å². The molecule has 1 unspecified atom stereocenters. The minimum atomic E-state index is -0.558. The molecule has 1 fully saturated rings. The zero-order valence-corrected chi connectivity index (χ0v) is 7.63. The molecule has 0 aromatic heterocycles. The van der Waals surface area contributed by atoms with Crippen molar-refractivity contribution < 1.29 is 8.78 Å². The van der Waals surface area contributed by atoms with Crippen LogP contribution in [0.5, 0.6) is 0 Å². The maximum absolute atomic E-state index is 13.3. The van der Waals surface area contributed by atoms with Crippen LogP contribution in [0.4, 0.5) is 8.78 Å². The van der Waals surface area contributed by atoms with Gasteiger partial charge in [-0.1, -0.05) is 6.07 Å². The average Bonchev–Trinajstić information content (AvgIpc) is 2.93. The maximum Gasteiger partial charge on any atom is 0.130 e. The largest absolute Gasteiger partial charge is 0.271 e. The second kappa shape index (κ2) is 3.63. The summed E-state index contributed by atoms with van der Waals surface area (Å²) in [6, 6.07) is 3.41. The fraction of sp³-hybridized carbons (Fsp3) is 0.400. The van der Waals surface area contributed by atoms with Crippen molar-refractivity contribution in [2.45, 2.75) is 18.9 Å². The Morgan fingerprint density at radius 3 is 2.57 bits per heavy atom. The van der Waals surface area contributed by atoms with E-state index in [1.807, 2.05) is 0 Å². The molecule has 0 saturated heterocycles. The van der Waals surface area contributed by atoms with Gasteiger partial charge in [-0.05, 0) is 24.8 Å². The van der Waals surface area contributed by atoms with E-state index in [1.165, 1.54) is 12.1 Å². The Balaban J connectivity index is 2.29. The highest BCUT2D eigenvalue weighted by molar-refractivity contribution is 5.23. The lowest BCUT2D eigenvalue weighted by atomic mass is 10.0. The van der Waals surface area contributed by atoms with Crippen LogP contribution in [-0.4, -0.2) is 0 Å². The molecule has 1 aromatic carbocycles. The van der Waals surface area contributed by atoms with Crippen LogP contribution >= 0.6 is 0 Å². The Kier molecular flexibility index (Phi) is 2.48. The summed E-state index contributed by atoms with van der Waals surface area (Å²) in [5.41, 5.74) is 3.03. The fourth-order valence-corrected chi connectivity index (χ4v) is 1.66. The Hall–Kier alpha value is -1.00. The SMILES string of the molecule is NNC(c1ccc(F)cc1F)C1CC1. The third-order valence-corrected chi connectivity index (χ3v) is 2.57. The highest BCUT2D eigenvalue weighted by atomic mass is 19.1. The highest BCUT2D eigenvalue weighted by Crippen LogP contribution is 2.41. The predicted octanol–water partition coefficient (Wildman–Crippen LogP) is 1.88. The van der Waals surface area contributed by atoms with Gasteiger partial charge in [-0.15, -0.1) is 0 Å². The number of rotatable bonds is 3. The number of hydrogen-bond acceptors (Lipinski definition) is 2. The Morgan fingerprint density at radius 2 is 2.07 bits per heavy atom. The van der Waals surface area contributed by atoms with E-state index in [2.05, 4.69) is 5.43 Å². The van der Waals surface area contributed by atoms with Gasteiger partial charge in [0.15, 0.2) is 0 Å². The minimum absolute atomic E-state index is 0.185. The molecule has 1 aliphatic carbocycles. The molecule has 14 heavy (non-hydrogen) atoms. The summed E-state index contributed by atoms with van der Waals surface area (Å²) in [5, 5.41) is 0. The summed E-state index contributed by atoms with van der Waals surface area (Å²) < 4.78 is 26.0. The van der Waals surface area contributed by atoms with E-state index >= 15 is 0 Å². The van der Waals surface area contributed by atoms with Gasteiger partial charge < -0.3 is 0 Å². The zero-order valence-electron chi connectivity index (χ0n) is 7.63. The molecule has 76 valence electrons. The predicted molar refractivity (Wildman–Crippen MR) is 49.1 cm³/mol. The Morgan fingerprint density at radius 1 is 1.36 bits per heavy atom. The zero-order chi connectivity index (χ0) is 10.1. The highest BCUT2D eigenvalue weighted by Gasteiger charge is 2.33. The van der Waals surface area contributed by atoms with Gasteiger partial charge in [0.1, 0.15) is 11.6 Å². The molecular weight excluding hydrogens is 186 g/mol. The van der Waals surface area contributed by atoms with E-state index in [0.717, 1.165) is 18.9 Å². The molecule has 0 spiro atoms. The molecule has 1 aliphatic rings. The van der Waals surface area contributed by atoms with E-state index in [9.17, 15) is 8.78 Å². The lowest BCUT2D eigenvalue weighted by Crippen LogP contribution is -2.30. The van der Waals surface area contributed by atoms with E-state index in [-0.39, 0.29) is 6.04 Å². The maximum atomic E-state index is 13.3. The van der Waals surface area contributed by atoms with Crippen molar-refractivity contribution in [3.63, 3.8) is 0 Å². The van der Waals surface area contributed by atoms with Crippen molar-refractivity contribution in [3.05, 3.63) is 35.4 Å². The lowest BCUT2D eigenvalue weighted by Gasteiger charge is -2.15. The first-order valence-electron chi connectivity index (χ1n) is 4.63. The molecule has 1 atom stereocenters. The molecule has 0 amide bonds. The summed E-state index contributed by atoms with van der Waals surface area (Å²) in [6.07, 6.45) is 2.09. The van der Waals surface area contributed by atoms with Gasteiger partial charge in [-0.2, -0.15) is 0 Å². The first kappa shape index (κ1) is 9.55. The number of nitrogens with two attached hydrogens (primary N) is 1. The quantitative estimate of drug-likeness (QED) is 0.575. The van der Waals surface area contributed by atoms with Crippen LogP contribution in [0.3, 0.4) is 0 Å². The van der Waals surface area contributed by atoms with E-state index in [1.54, 1.807) is 0 Å². The summed E-state index contributed by atoms with van der Waals surface area (Å²) in [7, 11) is 0. The van der Waals surface area contributed by atoms with Crippen molar-refractivity contribution in [1.82, 2.24) is 5.43 Å². The van der Waals surface area contributed by atoms with Crippen LogP contribution in [0.15, 0.2) is 18.2 Å².